The Bertz CT molecular complexity index is 350. The lowest BCUT2D eigenvalue weighted by Crippen LogP contribution is -2.48. The van der Waals surface area contributed by atoms with E-state index in [-0.39, 0.29) is 11.9 Å². The fourth-order valence-corrected chi connectivity index (χ4v) is 2.27. The molecule has 2 heterocycles. The molecule has 1 fully saturated rings. The number of carbonyl (C=O) groups excluding carboxylic acids is 1. The summed E-state index contributed by atoms with van der Waals surface area (Å²) in [5.74, 6) is -0.0757. The molecular formula is C9H11ClN2O2S. The summed E-state index contributed by atoms with van der Waals surface area (Å²) in [5.41, 5.74) is 0. The standard InChI is InChI=1S/C9H11ClN2O2S/c10-7-1-2-8(15-7)12-9(13)6-5-14-4-3-11-6/h1-2,6,11H,3-5H2,(H,12,13). The van der Waals surface area contributed by atoms with Gasteiger partial charge >= 0.3 is 0 Å². The highest BCUT2D eigenvalue weighted by Crippen LogP contribution is 2.25. The quantitative estimate of drug-likeness (QED) is 0.828. The zero-order valence-electron chi connectivity index (χ0n) is 7.96. The highest BCUT2D eigenvalue weighted by atomic mass is 35.5. The van der Waals surface area contributed by atoms with Gasteiger partial charge in [-0.05, 0) is 12.1 Å². The number of rotatable bonds is 2. The molecule has 0 aromatic carbocycles. The fourth-order valence-electron chi connectivity index (χ4n) is 1.32. The van der Waals surface area contributed by atoms with Crippen molar-refractivity contribution in [3.05, 3.63) is 16.5 Å². The van der Waals surface area contributed by atoms with E-state index >= 15 is 0 Å². The Hall–Kier alpha value is -0.620. The van der Waals surface area contributed by atoms with Crippen LogP contribution in [0.15, 0.2) is 12.1 Å². The zero-order valence-corrected chi connectivity index (χ0v) is 9.53. The summed E-state index contributed by atoms with van der Waals surface area (Å²) in [7, 11) is 0. The molecule has 2 rings (SSSR count). The van der Waals surface area contributed by atoms with Gasteiger partial charge in [-0.1, -0.05) is 11.6 Å². The highest BCUT2D eigenvalue weighted by Gasteiger charge is 2.21. The predicted octanol–water partition coefficient (Wildman–Crippen LogP) is 1.33. The molecule has 1 amide bonds. The molecule has 1 unspecified atom stereocenters. The van der Waals surface area contributed by atoms with E-state index in [1.807, 2.05) is 0 Å². The van der Waals surface area contributed by atoms with E-state index in [2.05, 4.69) is 10.6 Å². The van der Waals surface area contributed by atoms with E-state index in [1.165, 1.54) is 11.3 Å². The topological polar surface area (TPSA) is 50.4 Å². The molecule has 4 nitrogen and oxygen atoms in total. The van der Waals surface area contributed by atoms with Crippen molar-refractivity contribution in [2.45, 2.75) is 6.04 Å². The van der Waals surface area contributed by atoms with Gasteiger partial charge in [-0.3, -0.25) is 4.79 Å². The number of anilines is 1. The molecule has 0 radical (unpaired) electrons. The average molecular weight is 247 g/mol. The van der Waals surface area contributed by atoms with Crippen LogP contribution in [-0.4, -0.2) is 31.7 Å². The first kappa shape index (κ1) is 10.9. The number of nitrogens with one attached hydrogen (secondary N) is 2. The second-order valence-corrected chi connectivity index (χ2v) is 4.89. The second-order valence-electron chi connectivity index (χ2n) is 3.17. The zero-order chi connectivity index (χ0) is 10.7. The van der Waals surface area contributed by atoms with Crippen LogP contribution in [0.1, 0.15) is 0 Å². The summed E-state index contributed by atoms with van der Waals surface area (Å²) < 4.78 is 5.87. The van der Waals surface area contributed by atoms with Crippen molar-refractivity contribution in [3.8, 4) is 0 Å². The number of morpholine rings is 1. The van der Waals surface area contributed by atoms with E-state index in [0.29, 0.717) is 24.1 Å². The normalized spacial score (nSPS) is 21.3. The van der Waals surface area contributed by atoms with E-state index in [1.54, 1.807) is 12.1 Å². The molecule has 1 atom stereocenters. The smallest absolute Gasteiger partial charge is 0.244 e. The van der Waals surface area contributed by atoms with Gasteiger partial charge in [0.1, 0.15) is 6.04 Å². The number of thiophene rings is 1. The summed E-state index contributed by atoms with van der Waals surface area (Å²) in [4.78, 5) is 11.7. The van der Waals surface area contributed by atoms with Crippen molar-refractivity contribution >= 4 is 33.8 Å². The van der Waals surface area contributed by atoms with Gasteiger partial charge in [0.2, 0.25) is 5.91 Å². The molecule has 0 spiro atoms. The molecule has 6 heteroatoms. The lowest BCUT2D eigenvalue weighted by atomic mass is 10.2. The minimum Gasteiger partial charge on any atom is -0.378 e. The third kappa shape index (κ3) is 2.92. The SMILES string of the molecule is O=C(Nc1ccc(Cl)s1)C1COCCN1. The Kier molecular flexibility index (Phi) is 3.58. The van der Waals surface area contributed by atoms with Crippen molar-refractivity contribution in [2.24, 2.45) is 0 Å². The van der Waals surface area contributed by atoms with Crippen LogP contribution < -0.4 is 10.6 Å². The largest absolute Gasteiger partial charge is 0.378 e. The van der Waals surface area contributed by atoms with Gasteiger partial charge in [0.05, 0.1) is 22.6 Å². The third-order valence-electron chi connectivity index (χ3n) is 2.06. The van der Waals surface area contributed by atoms with Gasteiger partial charge in [-0.25, -0.2) is 0 Å². The van der Waals surface area contributed by atoms with Gasteiger partial charge in [-0.15, -0.1) is 11.3 Å². The lowest BCUT2D eigenvalue weighted by molar-refractivity contribution is -0.120. The molecule has 1 aliphatic heterocycles. The summed E-state index contributed by atoms with van der Waals surface area (Å²) in [6, 6.07) is 3.28. The van der Waals surface area contributed by atoms with Crippen molar-refractivity contribution in [1.82, 2.24) is 5.32 Å². The summed E-state index contributed by atoms with van der Waals surface area (Å²) in [6.07, 6.45) is 0. The first-order valence-electron chi connectivity index (χ1n) is 4.63. The Labute approximate surface area is 96.6 Å². The number of ether oxygens (including phenoxy) is 1. The Balaban J connectivity index is 1.91. The minimum absolute atomic E-state index is 0.0757. The number of hydrogen-bond donors (Lipinski definition) is 2. The van der Waals surface area contributed by atoms with E-state index < -0.39 is 0 Å². The highest BCUT2D eigenvalue weighted by molar-refractivity contribution is 7.20. The van der Waals surface area contributed by atoms with Crippen LogP contribution in [0.2, 0.25) is 4.34 Å². The van der Waals surface area contributed by atoms with Crippen molar-refractivity contribution in [1.29, 1.82) is 0 Å². The van der Waals surface area contributed by atoms with Gasteiger partial charge in [0.15, 0.2) is 0 Å². The Morgan fingerprint density at radius 1 is 1.67 bits per heavy atom. The third-order valence-corrected chi connectivity index (χ3v) is 3.20. The predicted molar refractivity (Wildman–Crippen MR) is 60.6 cm³/mol. The van der Waals surface area contributed by atoms with E-state index in [4.69, 9.17) is 16.3 Å². The fraction of sp³-hybridized carbons (Fsp3) is 0.444. The molecule has 1 aromatic heterocycles. The van der Waals surface area contributed by atoms with Crippen LogP contribution in [-0.2, 0) is 9.53 Å². The van der Waals surface area contributed by atoms with Crippen molar-refractivity contribution in [3.63, 3.8) is 0 Å². The molecular weight excluding hydrogens is 236 g/mol. The molecule has 1 aliphatic rings. The molecule has 82 valence electrons. The average Bonchev–Trinajstić information content (AvgIpc) is 2.65. The molecule has 0 saturated carbocycles. The summed E-state index contributed by atoms with van der Waals surface area (Å²) in [5, 5.41) is 6.63. The van der Waals surface area contributed by atoms with Gasteiger partial charge in [0.25, 0.3) is 0 Å². The number of amides is 1. The van der Waals surface area contributed by atoms with Crippen molar-refractivity contribution in [2.75, 3.05) is 25.1 Å². The maximum atomic E-state index is 11.7. The van der Waals surface area contributed by atoms with Crippen LogP contribution >= 0.6 is 22.9 Å². The van der Waals surface area contributed by atoms with E-state index in [9.17, 15) is 4.79 Å². The van der Waals surface area contributed by atoms with Crippen LogP contribution in [0.5, 0.6) is 0 Å². The molecule has 0 aliphatic carbocycles. The molecule has 0 bridgehead atoms. The monoisotopic (exact) mass is 246 g/mol. The maximum absolute atomic E-state index is 11.7. The van der Waals surface area contributed by atoms with Crippen LogP contribution in [0.25, 0.3) is 0 Å². The number of halogens is 1. The maximum Gasteiger partial charge on any atom is 0.244 e. The minimum atomic E-state index is -0.264. The Morgan fingerprint density at radius 2 is 2.53 bits per heavy atom. The molecule has 2 N–H and O–H groups in total. The van der Waals surface area contributed by atoms with Crippen LogP contribution in [0.4, 0.5) is 5.00 Å². The van der Waals surface area contributed by atoms with Crippen LogP contribution in [0.3, 0.4) is 0 Å². The molecule has 15 heavy (non-hydrogen) atoms. The van der Waals surface area contributed by atoms with Crippen molar-refractivity contribution < 1.29 is 9.53 Å². The summed E-state index contributed by atoms with van der Waals surface area (Å²) in [6.45, 7) is 1.79. The second kappa shape index (κ2) is 4.94. The number of hydrogen-bond acceptors (Lipinski definition) is 4. The van der Waals surface area contributed by atoms with Gasteiger partial charge in [0, 0.05) is 6.54 Å². The lowest BCUT2D eigenvalue weighted by Gasteiger charge is -2.22. The first-order valence-corrected chi connectivity index (χ1v) is 5.82. The summed E-state index contributed by atoms with van der Waals surface area (Å²) >= 11 is 7.10. The molecule has 1 saturated heterocycles. The Morgan fingerprint density at radius 3 is 3.13 bits per heavy atom. The molecule has 1 aromatic rings. The first-order chi connectivity index (χ1) is 7.25. The van der Waals surface area contributed by atoms with Gasteiger partial charge in [-0.2, -0.15) is 0 Å². The van der Waals surface area contributed by atoms with Gasteiger partial charge < -0.3 is 15.4 Å². The van der Waals surface area contributed by atoms with E-state index in [0.717, 1.165) is 5.00 Å². The number of carbonyl (C=O) groups is 1. The van der Waals surface area contributed by atoms with Crippen LogP contribution in [0, 0.1) is 0 Å².